The topological polar surface area (TPSA) is 87.5 Å². The second kappa shape index (κ2) is 8.39. The number of ether oxygens (including phenoxy) is 1. The lowest BCUT2D eigenvalue weighted by molar-refractivity contribution is -0.135. The number of rotatable bonds is 7. The van der Waals surface area contributed by atoms with E-state index in [0.717, 1.165) is 0 Å². The van der Waals surface area contributed by atoms with Crippen LogP contribution in [-0.2, 0) is 4.79 Å². The highest BCUT2D eigenvalue weighted by atomic mass is 35.5. The molecule has 1 atom stereocenters. The predicted octanol–water partition coefficient (Wildman–Crippen LogP) is 3.87. The van der Waals surface area contributed by atoms with Gasteiger partial charge in [-0.15, -0.1) is 10.2 Å². The minimum atomic E-state index is -0.754. The van der Waals surface area contributed by atoms with E-state index in [2.05, 4.69) is 20.6 Å². The molecule has 3 aromatic rings. The summed E-state index contributed by atoms with van der Waals surface area (Å²) in [6.45, 7) is 3.83. The van der Waals surface area contributed by atoms with Crippen LogP contribution in [0.4, 0.5) is 0 Å². The molecule has 0 spiro atoms. The summed E-state index contributed by atoms with van der Waals surface area (Å²) in [5.41, 5.74) is 0.366. The fourth-order valence-corrected chi connectivity index (χ4v) is 3.33. The number of nitrogens with one attached hydrogen (secondary N) is 2. The Hall–Kier alpha value is -2.00. The zero-order chi connectivity index (χ0) is 21.3. The van der Waals surface area contributed by atoms with Crippen LogP contribution < -0.4 is 10.1 Å². The highest BCUT2D eigenvalue weighted by molar-refractivity contribution is 6.42. The van der Waals surface area contributed by atoms with Gasteiger partial charge < -0.3 is 9.64 Å². The minimum absolute atomic E-state index is 0.0397. The van der Waals surface area contributed by atoms with E-state index in [4.69, 9.17) is 39.5 Å². The number of carbonyl (C=O) groups excluding carboxylic acids is 1. The van der Waals surface area contributed by atoms with E-state index in [-0.39, 0.29) is 17.7 Å². The first-order valence-electron chi connectivity index (χ1n) is 8.85. The van der Waals surface area contributed by atoms with Crippen molar-refractivity contribution in [3.63, 3.8) is 0 Å². The lowest BCUT2D eigenvalue weighted by atomic mass is 9.97. The molecule has 1 amide bonds. The lowest BCUT2D eigenvalue weighted by Gasteiger charge is -2.30. The molecule has 156 valence electrons. The fourth-order valence-electron chi connectivity index (χ4n) is 2.82. The number of amides is 1. The Morgan fingerprint density at radius 1 is 1.28 bits per heavy atom. The van der Waals surface area contributed by atoms with E-state index in [1.165, 1.54) is 0 Å². The third kappa shape index (κ3) is 4.16. The van der Waals surface area contributed by atoms with E-state index >= 15 is 0 Å². The largest absolute Gasteiger partial charge is 0.461 e. The number of carbonyl (C=O) groups is 1. The number of H-pyrrole nitrogens is 1. The Balaban J connectivity index is 1.81. The van der Waals surface area contributed by atoms with Crippen LogP contribution >= 0.6 is 34.8 Å². The molecule has 2 aromatic heterocycles. The second-order valence-corrected chi connectivity index (χ2v) is 8.11. The Kier molecular flexibility index (Phi) is 6.28. The summed E-state index contributed by atoms with van der Waals surface area (Å²) in [4.78, 5) is 13.9. The average Bonchev–Trinajstić information content (AvgIpc) is 3.23. The number of likely N-dealkylation sites (N-methyl/N-ethyl adjacent to an activating group) is 1. The molecule has 0 aliphatic rings. The normalized spacial score (nSPS) is 13.5. The minimum Gasteiger partial charge on any atom is -0.461 e. The maximum atomic E-state index is 12.4. The smallest absolute Gasteiger partial charge is 0.242 e. The summed E-state index contributed by atoms with van der Waals surface area (Å²) >= 11 is 18.5. The summed E-state index contributed by atoms with van der Waals surface area (Å²) in [6, 6.07) is 5.15. The number of halogens is 3. The number of nitrogens with zero attached hydrogens (tertiary/aromatic N) is 4. The SMILES string of the molecule is CCC(C)(NCOc1[nH]n2c(-c3ccc(Cl)c(Cl)c3)nnc2c1Cl)C(=O)N(C)C. The molecule has 0 aliphatic heterocycles. The highest BCUT2D eigenvalue weighted by Gasteiger charge is 2.32. The van der Waals surface area contributed by atoms with Gasteiger partial charge in [-0.2, -0.15) is 0 Å². The van der Waals surface area contributed by atoms with E-state index in [0.29, 0.717) is 39.4 Å². The van der Waals surface area contributed by atoms with Crippen molar-refractivity contribution in [1.82, 2.24) is 30.0 Å². The first-order valence-corrected chi connectivity index (χ1v) is 9.99. The number of aromatic amines is 1. The van der Waals surface area contributed by atoms with Crippen LogP contribution in [-0.4, -0.2) is 57.0 Å². The van der Waals surface area contributed by atoms with Gasteiger partial charge in [0.2, 0.25) is 11.8 Å². The highest BCUT2D eigenvalue weighted by Crippen LogP contribution is 2.32. The van der Waals surface area contributed by atoms with Gasteiger partial charge in [0.05, 0.1) is 15.6 Å². The van der Waals surface area contributed by atoms with Crippen LogP contribution in [0.1, 0.15) is 20.3 Å². The Labute approximate surface area is 183 Å². The number of hydrogen-bond donors (Lipinski definition) is 2. The molecule has 0 fully saturated rings. The molecule has 2 heterocycles. The van der Waals surface area contributed by atoms with Crippen LogP contribution in [0.25, 0.3) is 17.0 Å². The van der Waals surface area contributed by atoms with Crippen molar-refractivity contribution in [2.75, 3.05) is 20.8 Å². The van der Waals surface area contributed by atoms with E-state index in [1.807, 2.05) is 13.8 Å². The number of fused-ring (bicyclic) bond motifs is 1. The monoisotopic (exact) mass is 458 g/mol. The Morgan fingerprint density at radius 2 is 2.00 bits per heavy atom. The fraction of sp³-hybridized carbons (Fsp3) is 0.389. The Morgan fingerprint density at radius 3 is 2.62 bits per heavy atom. The summed E-state index contributed by atoms with van der Waals surface area (Å²) < 4.78 is 7.33. The van der Waals surface area contributed by atoms with Crippen molar-refractivity contribution in [3.8, 4) is 17.3 Å². The van der Waals surface area contributed by atoms with Gasteiger partial charge in [-0.25, -0.2) is 4.52 Å². The molecule has 0 bridgehead atoms. The molecule has 8 nitrogen and oxygen atoms in total. The molecular formula is C18H21Cl3N6O2. The van der Waals surface area contributed by atoms with Crippen LogP contribution in [0.15, 0.2) is 18.2 Å². The van der Waals surface area contributed by atoms with E-state index in [9.17, 15) is 4.79 Å². The van der Waals surface area contributed by atoms with Gasteiger partial charge in [0, 0.05) is 19.7 Å². The quantitative estimate of drug-likeness (QED) is 0.524. The van der Waals surface area contributed by atoms with Gasteiger partial charge in [-0.3, -0.25) is 15.2 Å². The van der Waals surface area contributed by atoms with Gasteiger partial charge in [-0.1, -0.05) is 41.7 Å². The molecule has 29 heavy (non-hydrogen) atoms. The number of aromatic nitrogens is 4. The summed E-state index contributed by atoms with van der Waals surface area (Å²) in [5.74, 6) is 0.771. The third-order valence-corrected chi connectivity index (χ3v) is 5.79. The van der Waals surface area contributed by atoms with Gasteiger partial charge in [0.1, 0.15) is 11.8 Å². The molecule has 1 unspecified atom stereocenters. The van der Waals surface area contributed by atoms with Crippen molar-refractivity contribution in [1.29, 1.82) is 0 Å². The van der Waals surface area contributed by atoms with Crippen LogP contribution in [0, 0.1) is 0 Å². The zero-order valence-corrected chi connectivity index (χ0v) is 18.7. The zero-order valence-electron chi connectivity index (χ0n) is 16.4. The molecule has 0 aliphatic carbocycles. The number of benzene rings is 1. The van der Waals surface area contributed by atoms with E-state index < -0.39 is 5.54 Å². The van der Waals surface area contributed by atoms with Crippen LogP contribution in [0.5, 0.6) is 5.88 Å². The molecule has 1 aromatic carbocycles. The van der Waals surface area contributed by atoms with Crippen LogP contribution in [0.3, 0.4) is 0 Å². The molecule has 2 N–H and O–H groups in total. The van der Waals surface area contributed by atoms with Gasteiger partial charge in [0.25, 0.3) is 0 Å². The average molecular weight is 460 g/mol. The van der Waals surface area contributed by atoms with Crippen molar-refractivity contribution in [3.05, 3.63) is 33.3 Å². The van der Waals surface area contributed by atoms with Crippen molar-refractivity contribution < 1.29 is 9.53 Å². The molecule has 0 radical (unpaired) electrons. The maximum Gasteiger partial charge on any atom is 0.242 e. The third-order valence-electron chi connectivity index (χ3n) is 4.71. The Bertz CT molecular complexity index is 1050. The second-order valence-electron chi connectivity index (χ2n) is 6.92. The maximum absolute atomic E-state index is 12.4. The predicted molar refractivity (Wildman–Crippen MR) is 114 cm³/mol. The standard InChI is InChI=1S/C18H21Cl3N6O2/c1-5-18(2,17(28)26(3)4)22-9-29-16-13(21)15-24-23-14(27(15)25-16)10-6-7-11(19)12(20)8-10/h6-8,22,25H,5,9H2,1-4H3. The molecule has 11 heteroatoms. The van der Waals surface area contributed by atoms with Gasteiger partial charge in [-0.05, 0) is 31.5 Å². The van der Waals surface area contributed by atoms with Crippen LogP contribution in [0.2, 0.25) is 15.1 Å². The first kappa shape index (κ1) is 21.7. The lowest BCUT2D eigenvalue weighted by Crippen LogP contribution is -2.55. The van der Waals surface area contributed by atoms with Gasteiger partial charge in [0.15, 0.2) is 11.5 Å². The molecular weight excluding hydrogens is 439 g/mol. The summed E-state index contributed by atoms with van der Waals surface area (Å²) in [5, 5.41) is 15.5. The summed E-state index contributed by atoms with van der Waals surface area (Å²) in [6.07, 6.45) is 0.598. The first-order chi connectivity index (χ1) is 13.7. The van der Waals surface area contributed by atoms with Crippen molar-refractivity contribution in [2.24, 2.45) is 0 Å². The molecule has 0 saturated heterocycles. The van der Waals surface area contributed by atoms with E-state index in [1.54, 1.807) is 41.7 Å². The molecule has 0 saturated carbocycles. The molecule has 3 rings (SSSR count). The van der Waals surface area contributed by atoms with Crippen molar-refractivity contribution >= 4 is 46.4 Å². The summed E-state index contributed by atoms with van der Waals surface area (Å²) in [7, 11) is 3.43. The van der Waals surface area contributed by atoms with Gasteiger partial charge >= 0.3 is 0 Å². The van der Waals surface area contributed by atoms with Crippen molar-refractivity contribution in [2.45, 2.75) is 25.8 Å². The number of hydrogen-bond acceptors (Lipinski definition) is 5.